The first-order chi connectivity index (χ1) is 6.63. The summed E-state index contributed by atoms with van der Waals surface area (Å²) in [5, 5.41) is 11.0. The third kappa shape index (κ3) is 2.77. The van der Waals surface area contributed by atoms with Crippen LogP contribution < -0.4 is 5.32 Å². The second kappa shape index (κ2) is 4.66. The van der Waals surface area contributed by atoms with Crippen LogP contribution in [0.2, 0.25) is 0 Å². The van der Waals surface area contributed by atoms with Crippen LogP contribution in [0.15, 0.2) is 6.07 Å². The van der Waals surface area contributed by atoms with Crippen molar-refractivity contribution in [1.82, 2.24) is 15.3 Å². The Hall–Kier alpha value is -1.49. The second-order valence-electron chi connectivity index (χ2n) is 2.92. The number of carbonyl (C=O) groups excluding carboxylic acids is 1. The van der Waals surface area contributed by atoms with Gasteiger partial charge in [0.1, 0.15) is 11.5 Å². The lowest BCUT2D eigenvalue weighted by molar-refractivity contribution is 0.0939. The molecule has 0 aliphatic carbocycles. The fraction of sp³-hybridized carbons (Fsp3) is 0.444. The van der Waals surface area contributed by atoms with Crippen LogP contribution in [-0.4, -0.2) is 34.1 Å². The van der Waals surface area contributed by atoms with Crippen molar-refractivity contribution in [2.24, 2.45) is 0 Å². The van der Waals surface area contributed by atoms with Gasteiger partial charge >= 0.3 is 0 Å². The maximum Gasteiger partial charge on any atom is 0.270 e. The van der Waals surface area contributed by atoms with E-state index in [0.29, 0.717) is 11.5 Å². The Bertz CT molecular complexity index is 319. The van der Waals surface area contributed by atoms with Gasteiger partial charge in [-0.3, -0.25) is 4.79 Å². The number of aliphatic hydroxyl groups excluding tert-OH is 1. The molecule has 0 radical (unpaired) electrons. The molecule has 0 aliphatic rings. The van der Waals surface area contributed by atoms with Gasteiger partial charge in [-0.15, -0.1) is 0 Å². The van der Waals surface area contributed by atoms with Crippen LogP contribution in [0, 0.1) is 13.8 Å². The highest BCUT2D eigenvalue weighted by atomic mass is 16.3. The molecule has 0 fully saturated rings. The van der Waals surface area contributed by atoms with Crippen LogP contribution in [0.25, 0.3) is 0 Å². The van der Waals surface area contributed by atoms with Crippen LogP contribution in [0.3, 0.4) is 0 Å². The van der Waals surface area contributed by atoms with Crippen molar-refractivity contribution in [3.8, 4) is 0 Å². The van der Waals surface area contributed by atoms with Crippen molar-refractivity contribution in [1.29, 1.82) is 0 Å². The minimum absolute atomic E-state index is 0.0746. The summed E-state index contributed by atoms with van der Waals surface area (Å²) in [6.07, 6.45) is 0. The second-order valence-corrected chi connectivity index (χ2v) is 2.92. The van der Waals surface area contributed by atoms with Crippen LogP contribution in [0.5, 0.6) is 0 Å². The number of hydrogen-bond acceptors (Lipinski definition) is 4. The molecule has 1 rings (SSSR count). The number of nitrogens with zero attached hydrogens (tertiary/aromatic N) is 2. The Morgan fingerprint density at radius 1 is 1.50 bits per heavy atom. The largest absolute Gasteiger partial charge is 0.395 e. The fourth-order valence-electron chi connectivity index (χ4n) is 1.09. The third-order valence-electron chi connectivity index (χ3n) is 1.60. The molecule has 1 amide bonds. The SMILES string of the molecule is Cc1cc(C(=O)NCCO)nc(C)n1. The molecule has 0 bridgehead atoms. The highest BCUT2D eigenvalue weighted by molar-refractivity contribution is 5.92. The molecule has 0 spiro atoms. The van der Waals surface area contributed by atoms with E-state index in [2.05, 4.69) is 15.3 Å². The number of aromatic nitrogens is 2. The van der Waals surface area contributed by atoms with Crippen molar-refractivity contribution in [2.75, 3.05) is 13.2 Å². The average Bonchev–Trinajstić information content (AvgIpc) is 2.12. The lowest BCUT2D eigenvalue weighted by Gasteiger charge is -2.03. The van der Waals surface area contributed by atoms with E-state index in [9.17, 15) is 4.79 Å². The normalized spacial score (nSPS) is 9.93. The lowest BCUT2D eigenvalue weighted by atomic mass is 10.3. The van der Waals surface area contributed by atoms with Crippen LogP contribution >= 0.6 is 0 Å². The van der Waals surface area contributed by atoms with Crippen molar-refractivity contribution in [2.45, 2.75) is 13.8 Å². The Labute approximate surface area is 82.2 Å². The Morgan fingerprint density at radius 2 is 2.21 bits per heavy atom. The van der Waals surface area contributed by atoms with Crippen molar-refractivity contribution < 1.29 is 9.90 Å². The molecule has 5 nitrogen and oxygen atoms in total. The van der Waals surface area contributed by atoms with Crippen molar-refractivity contribution in [3.63, 3.8) is 0 Å². The predicted molar refractivity (Wildman–Crippen MR) is 50.9 cm³/mol. The summed E-state index contributed by atoms with van der Waals surface area (Å²) < 4.78 is 0. The highest BCUT2D eigenvalue weighted by Crippen LogP contribution is 1.99. The summed E-state index contributed by atoms with van der Waals surface area (Å²) in [7, 11) is 0. The van der Waals surface area contributed by atoms with Crippen molar-refractivity contribution >= 4 is 5.91 Å². The standard InChI is InChI=1S/C9H13N3O2/c1-6-5-8(12-7(2)11-6)9(14)10-3-4-13/h5,13H,3-4H2,1-2H3,(H,10,14). The van der Waals surface area contributed by atoms with Gasteiger partial charge in [0.15, 0.2) is 0 Å². The molecule has 14 heavy (non-hydrogen) atoms. The summed E-state index contributed by atoms with van der Waals surface area (Å²) in [5.74, 6) is 0.284. The molecule has 0 unspecified atom stereocenters. The zero-order chi connectivity index (χ0) is 10.6. The molecule has 1 aromatic rings. The quantitative estimate of drug-likeness (QED) is 0.701. The van der Waals surface area contributed by atoms with Gasteiger partial charge in [0.25, 0.3) is 5.91 Å². The van der Waals surface area contributed by atoms with Gasteiger partial charge in [0.2, 0.25) is 0 Å². The summed E-state index contributed by atoms with van der Waals surface area (Å²) in [6, 6.07) is 1.61. The zero-order valence-corrected chi connectivity index (χ0v) is 8.24. The van der Waals surface area contributed by atoms with Gasteiger partial charge in [0.05, 0.1) is 6.61 Å². The maximum absolute atomic E-state index is 11.4. The summed E-state index contributed by atoms with van der Waals surface area (Å²) in [5.41, 5.74) is 1.09. The topological polar surface area (TPSA) is 75.1 Å². The van der Waals surface area contributed by atoms with E-state index >= 15 is 0 Å². The number of hydrogen-bond donors (Lipinski definition) is 2. The molecule has 2 N–H and O–H groups in total. The van der Waals surface area contributed by atoms with E-state index in [1.807, 2.05) is 0 Å². The number of rotatable bonds is 3. The fourth-order valence-corrected chi connectivity index (χ4v) is 1.09. The Balaban J connectivity index is 2.79. The van der Waals surface area contributed by atoms with E-state index in [0.717, 1.165) is 5.69 Å². The van der Waals surface area contributed by atoms with E-state index in [1.165, 1.54) is 0 Å². The highest BCUT2D eigenvalue weighted by Gasteiger charge is 2.07. The molecular weight excluding hydrogens is 182 g/mol. The first kappa shape index (κ1) is 10.6. The van der Waals surface area contributed by atoms with Gasteiger partial charge in [0, 0.05) is 12.2 Å². The molecule has 76 valence electrons. The minimum Gasteiger partial charge on any atom is -0.395 e. The van der Waals surface area contributed by atoms with Gasteiger partial charge < -0.3 is 10.4 Å². The van der Waals surface area contributed by atoms with Crippen LogP contribution in [-0.2, 0) is 0 Å². The number of carbonyl (C=O) groups is 1. The number of amides is 1. The van der Waals surface area contributed by atoms with Crippen molar-refractivity contribution in [3.05, 3.63) is 23.3 Å². The van der Waals surface area contributed by atoms with Crippen LogP contribution in [0.1, 0.15) is 22.0 Å². The average molecular weight is 195 g/mol. The monoisotopic (exact) mass is 195 g/mol. The molecule has 0 aliphatic heterocycles. The molecular formula is C9H13N3O2. The van der Waals surface area contributed by atoms with Gasteiger partial charge in [-0.2, -0.15) is 0 Å². The van der Waals surface area contributed by atoms with E-state index < -0.39 is 0 Å². The summed E-state index contributed by atoms with van der Waals surface area (Å²) in [6.45, 7) is 3.70. The van der Waals surface area contributed by atoms with Gasteiger partial charge in [-0.25, -0.2) is 9.97 Å². The molecule has 1 heterocycles. The molecule has 0 saturated carbocycles. The van der Waals surface area contributed by atoms with Gasteiger partial charge in [-0.05, 0) is 19.9 Å². The Kier molecular flexibility index (Phi) is 3.53. The smallest absolute Gasteiger partial charge is 0.270 e. The molecule has 1 aromatic heterocycles. The predicted octanol–water partition coefficient (Wildman–Crippen LogP) is -0.184. The first-order valence-electron chi connectivity index (χ1n) is 4.35. The zero-order valence-electron chi connectivity index (χ0n) is 8.24. The third-order valence-corrected chi connectivity index (χ3v) is 1.60. The minimum atomic E-state index is -0.285. The lowest BCUT2D eigenvalue weighted by Crippen LogP contribution is -2.27. The molecule has 0 saturated heterocycles. The first-order valence-corrected chi connectivity index (χ1v) is 4.35. The Morgan fingerprint density at radius 3 is 2.79 bits per heavy atom. The molecule has 0 aromatic carbocycles. The van der Waals surface area contributed by atoms with E-state index in [-0.39, 0.29) is 19.1 Å². The summed E-state index contributed by atoms with van der Waals surface area (Å²) >= 11 is 0. The number of aliphatic hydroxyl groups is 1. The number of aryl methyl sites for hydroxylation is 2. The van der Waals surface area contributed by atoms with E-state index in [4.69, 9.17) is 5.11 Å². The number of nitrogens with one attached hydrogen (secondary N) is 1. The van der Waals surface area contributed by atoms with E-state index in [1.54, 1.807) is 19.9 Å². The van der Waals surface area contributed by atoms with Crippen LogP contribution in [0.4, 0.5) is 0 Å². The molecule has 0 atom stereocenters. The maximum atomic E-state index is 11.4. The van der Waals surface area contributed by atoms with Gasteiger partial charge in [-0.1, -0.05) is 0 Å². The molecule has 5 heteroatoms. The summed E-state index contributed by atoms with van der Waals surface area (Å²) in [4.78, 5) is 19.4.